The van der Waals surface area contributed by atoms with E-state index >= 15 is 0 Å². The zero-order valence-corrected chi connectivity index (χ0v) is 16.2. The molecular formula is C20H17F3N4OS. The standard InChI is InChI=1S/C20H17F3N4OS/c1-27-9-13-4-12(8-24-18(13)26-27)15-3-2-10-7-16(29-19(10)25-15)17(28)11-5-14(6-11)20(21,22)23/h2-4,7-9,11,14,17,28H,5-6H2,1H3/t11-,14-,17-/m0/s1. The van der Waals surface area contributed by atoms with Gasteiger partial charge in [0, 0.05) is 40.7 Å². The van der Waals surface area contributed by atoms with Crippen molar-refractivity contribution >= 4 is 32.6 Å². The van der Waals surface area contributed by atoms with Gasteiger partial charge < -0.3 is 5.11 Å². The first-order chi connectivity index (χ1) is 13.8. The number of aliphatic hydroxyl groups is 1. The molecule has 0 radical (unpaired) electrons. The van der Waals surface area contributed by atoms with Crippen LogP contribution in [0.25, 0.3) is 32.5 Å². The maximum absolute atomic E-state index is 12.7. The first kappa shape index (κ1) is 18.5. The number of hydrogen-bond donors (Lipinski definition) is 1. The van der Waals surface area contributed by atoms with E-state index in [1.165, 1.54) is 11.3 Å². The molecule has 5 nitrogen and oxygen atoms in total. The van der Waals surface area contributed by atoms with Crippen LogP contribution in [0.1, 0.15) is 23.8 Å². The van der Waals surface area contributed by atoms with Gasteiger partial charge in [0.15, 0.2) is 5.65 Å². The zero-order chi connectivity index (χ0) is 20.3. The van der Waals surface area contributed by atoms with E-state index in [1.807, 2.05) is 37.5 Å². The zero-order valence-electron chi connectivity index (χ0n) is 15.4. The van der Waals surface area contributed by atoms with Gasteiger partial charge in [0.2, 0.25) is 0 Å². The summed E-state index contributed by atoms with van der Waals surface area (Å²) in [6.45, 7) is 0. The van der Waals surface area contributed by atoms with Crippen LogP contribution in [0.2, 0.25) is 0 Å². The number of halogens is 3. The Kier molecular flexibility index (Phi) is 4.15. The van der Waals surface area contributed by atoms with Gasteiger partial charge >= 0.3 is 6.18 Å². The van der Waals surface area contributed by atoms with Gasteiger partial charge in [-0.05, 0) is 43.0 Å². The lowest BCUT2D eigenvalue weighted by atomic mass is 9.71. The van der Waals surface area contributed by atoms with E-state index in [-0.39, 0.29) is 18.8 Å². The number of rotatable bonds is 3. The number of pyridine rings is 2. The van der Waals surface area contributed by atoms with Gasteiger partial charge in [-0.3, -0.25) is 4.68 Å². The minimum absolute atomic E-state index is 0.0195. The molecule has 0 amide bonds. The van der Waals surface area contributed by atoms with Crippen molar-refractivity contribution in [3.8, 4) is 11.3 Å². The van der Waals surface area contributed by atoms with E-state index in [4.69, 9.17) is 0 Å². The van der Waals surface area contributed by atoms with Crippen molar-refractivity contribution < 1.29 is 18.3 Å². The van der Waals surface area contributed by atoms with Crippen molar-refractivity contribution in [1.29, 1.82) is 0 Å². The largest absolute Gasteiger partial charge is 0.391 e. The van der Waals surface area contributed by atoms with Crippen LogP contribution in [0.4, 0.5) is 13.2 Å². The number of thiophene rings is 1. The third-order valence-corrected chi connectivity index (χ3v) is 6.66. The summed E-state index contributed by atoms with van der Waals surface area (Å²) in [6, 6.07) is 7.59. The van der Waals surface area contributed by atoms with Crippen molar-refractivity contribution in [3.63, 3.8) is 0 Å². The van der Waals surface area contributed by atoms with Crippen LogP contribution in [0.3, 0.4) is 0 Å². The van der Waals surface area contributed by atoms with Crippen LogP contribution in [0.5, 0.6) is 0 Å². The average molecular weight is 418 g/mol. The van der Waals surface area contributed by atoms with E-state index < -0.39 is 18.2 Å². The monoisotopic (exact) mass is 418 g/mol. The summed E-state index contributed by atoms with van der Waals surface area (Å²) in [6.07, 6.45) is -1.49. The van der Waals surface area contributed by atoms with Gasteiger partial charge in [-0.1, -0.05) is 0 Å². The summed E-state index contributed by atoms with van der Waals surface area (Å²) < 4.78 is 39.8. The minimum Gasteiger partial charge on any atom is -0.387 e. The summed E-state index contributed by atoms with van der Waals surface area (Å²) in [4.78, 5) is 10.4. The van der Waals surface area contributed by atoms with Crippen LogP contribution >= 0.6 is 11.3 Å². The van der Waals surface area contributed by atoms with Crippen LogP contribution in [-0.4, -0.2) is 31.0 Å². The number of aryl methyl sites for hydroxylation is 1. The molecule has 4 aromatic heterocycles. The number of aromatic nitrogens is 4. The highest BCUT2D eigenvalue weighted by molar-refractivity contribution is 7.18. The Morgan fingerprint density at radius 2 is 2.00 bits per heavy atom. The summed E-state index contributed by atoms with van der Waals surface area (Å²) in [5, 5.41) is 16.6. The third-order valence-electron chi connectivity index (χ3n) is 5.55. The Labute approximate surface area is 167 Å². The first-order valence-corrected chi connectivity index (χ1v) is 10.0. The first-order valence-electron chi connectivity index (χ1n) is 9.23. The predicted molar refractivity (Wildman–Crippen MR) is 104 cm³/mol. The van der Waals surface area contributed by atoms with Crippen molar-refractivity contribution in [2.24, 2.45) is 18.9 Å². The van der Waals surface area contributed by atoms with E-state index in [0.29, 0.717) is 10.5 Å². The quantitative estimate of drug-likeness (QED) is 0.516. The number of hydrogen-bond acceptors (Lipinski definition) is 5. The average Bonchev–Trinajstić information content (AvgIpc) is 3.19. The van der Waals surface area contributed by atoms with E-state index in [0.717, 1.165) is 26.9 Å². The highest BCUT2D eigenvalue weighted by Crippen LogP contribution is 2.50. The summed E-state index contributed by atoms with van der Waals surface area (Å²) in [7, 11) is 1.84. The fourth-order valence-electron chi connectivity index (χ4n) is 3.84. The van der Waals surface area contributed by atoms with Crippen molar-refractivity contribution in [3.05, 3.63) is 41.5 Å². The molecule has 1 N–H and O–H groups in total. The third kappa shape index (κ3) is 3.28. The molecule has 4 heterocycles. The highest BCUT2D eigenvalue weighted by atomic mass is 32.1. The van der Waals surface area contributed by atoms with Gasteiger partial charge in [0.1, 0.15) is 4.83 Å². The number of alkyl halides is 3. The van der Waals surface area contributed by atoms with Gasteiger partial charge in [-0.2, -0.15) is 18.3 Å². The van der Waals surface area contributed by atoms with E-state index in [9.17, 15) is 18.3 Å². The molecular weight excluding hydrogens is 401 g/mol. The smallest absolute Gasteiger partial charge is 0.387 e. The molecule has 9 heteroatoms. The van der Waals surface area contributed by atoms with Crippen LogP contribution in [0, 0.1) is 11.8 Å². The summed E-state index contributed by atoms with van der Waals surface area (Å²) in [5.41, 5.74) is 2.27. The van der Waals surface area contributed by atoms with Crippen molar-refractivity contribution in [1.82, 2.24) is 19.7 Å². The SMILES string of the molecule is Cn1cc2cc(-c3ccc4cc([C@@H](O)[C@H]5C[C@H](C(F)(F)F)C5)sc4n3)cnc2n1. The molecule has 0 aliphatic heterocycles. The topological polar surface area (TPSA) is 63.8 Å². The number of nitrogens with zero attached hydrogens (tertiary/aromatic N) is 4. The van der Waals surface area contributed by atoms with E-state index in [2.05, 4.69) is 15.1 Å². The van der Waals surface area contributed by atoms with Gasteiger partial charge in [-0.25, -0.2) is 9.97 Å². The van der Waals surface area contributed by atoms with Crippen molar-refractivity contribution in [2.75, 3.05) is 0 Å². The fraction of sp³-hybridized carbons (Fsp3) is 0.350. The molecule has 0 bridgehead atoms. The Balaban J connectivity index is 1.41. The van der Waals surface area contributed by atoms with Crippen LogP contribution < -0.4 is 0 Å². The molecule has 5 rings (SSSR count). The molecule has 1 atom stereocenters. The van der Waals surface area contributed by atoms with E-state index in [1.54, 1.807) is 10.9 Å². The predicted octanol–water partition coefficient (Wildman–Crippen LogP) is 4.87. The normalized spacial score (nSPS) is 20.9. The summed E-state index contributed by atoms with van der Waals surface area (Å²) in [5.74, 6) is -1.65. The highest BCUT2D eigenvalue weighted by Gasteiger charge is 2.50. The molecule has 1 aliphatic carbocycles. The van der Waals surface area contributed by atoms with Gasteiger partial charge in [-0.15, -0.1) is 11.3 Å². The fourth-order valence-corrected chi connectivity index (χ4v) is 4.95. The van der Waals surface area contributed by atoms with Crippen LogP contribution in [0.15, 0.2) is 36.7 Å². The molecule has 1 aliphatic rings. The Morgan fingerprint density at radius 1 is 1.21 bits per heavy atom. The Morgan fingerprint density at radius 3 is 2.76 bits per heavy atom. The summed E-state index contributed by atoms with van der Waals surface area (Å²) >= 11 is 1.33. The number of fused-ring (bicyclic) bond motifs is 2. The van der Waals surface area contributed by atoms with Gasteiger partial charge in [0.05, 0.1) is 17.7 Å². The molecule has 29 heavy (non-hydrogen) atoms. The minimum atomic E-state index is -4.17. The molecule has 1 fully saturated rings. The molecule has 150 valence electrons. The Hall–Kier alpha value is -2.52. The molecule has 0 saturated heterocycles. The molecule has 4 aromatic rings. The molecule has 0 aromatic carbocycles. The molecule has 0 spiro atoms. The second-order valence-electron chi connectivity index (χ2n) is 7.59. The maximum atomic E-state index is 12.7. The lowest BCUT2D eigenvalue weighted by molar-refractivity contribution is -0.212. The second-order valence-corrected chi connectivity index (χ2v) is 8.66. The maximum Gasteiger partial charge on any atom is 0.391 e. The lowest BCUT2D eigenvalue weighted by Crippen LogP contribution is -2.38. The molecule has 1 saturated carbocycles. The second kappa shape index (κ2) is 6.50. The Bertz CT molecular complexity index is 1210. The number of aliphatic hydroxyl groups excluding tert-OH is 1. The van der Waals surface area contributed by atoms with Crippen LogP contribution in [-0.2, 0) is 7.05 Å². The lowest BCUT2D eigenvalue weighted by Gasteiger charge is -2.38. The van der Waals surface area contributed by atoms with Gasteiger partial charge in [0.25, 0.3) is 0 Å². The molecule has 0 unspecified atom stereocenters. The van der Waals surface area contributed by atoms with Crippen molar-refractivity contribution in [2.45, 2.75) is 25.1 Å².